The Labute approximate surface area is 101 Å². The zero-order chi connectivity index (χ0) is 11.4. The quantitative estimate of drug-likeness (QED) is 0.771. The van der Waals surface area contributed by atoms with Gasteiger partial charge in [-0.15, -0.1) is 11.3 Å². The molecule has 3 atom stereocenters. The molecule has 1 heterocycles. The first-order valence-corrected chi connectivity index (χ1v) is 6.74. The second-order valence-electron chi connectivity index (χ2n) is 4.28. The van der Waals surface area contributed by atoms with Crippen LogP contribution in [0.1, 0.15) is 30.8 Å². The van der Waals surface area contributed by atoms with Gasteiger partial charge >= 0.3 is 0 Å². The van der Waals surface area contributed by atoms with Crippen molar-refractivity contribution in [3.63, 3.8) is 0 Å². The van der Waals surface area contributed by atoms with Gasteiger partial charge in [-0.25, -0.2) is 4.98 Å². The second-order valence-corrected chi connectivity index (χ2v) is 5.21. The lowest BCUT2D eigenvalue weighted by atomic mass is 10.1. The molecule has 0 aromatic carbocycles. The maximum Gasteiger partial charge on any atom is 0.109 e. The summed E-state index contributed by atoms with van der Waals surface area (Å²) in [5.41, 5.74) is 5.83. The number of thiazole rings is 1. The van der Waals surface area contributed by atoms with Crippen molar-refractivity contribution in [2.75, 3.05) is 6.54 Å². The molecule has 16 heavy (non-hydrogen) atoms. The Bertz CT molecular complexity index is 334. The summed E-state index contributed by atoms with van der Waals surface area (Å²) in [5, 5.41) is 6.80. The Morgan fingerprint density at radius 2 is 2.50 bits per heavy atom. The third-order valence-corrected chi connectivity index (χ3v) is 3.88. The van der Waals surface area contributed by atoms with E-state index < -0.39 is 0 Å². The number of aromatic nitrogens is 1. The average molecular weight is 237 g/mol. The summed E-state index contributed by atoms with van der Waals surface area (Å²) >= 11 is 1.72. The summed E-state index contributed by atoms with van der Waals surface area (Å²) in [6, 6.07) is 0.650. The zero-order valence-corrected chi connectivity index (χ0v) is 10.4. The Hall–Kier alpha value is -0.710. The molecule has 1 aromatic rings. The molecule has 0 bridgehead atoms. The van der Waals surface area contributed by atoms with Crippen molar-refractivity contribution in [3.8, 4) is 0 Å². The van der Waals surface area contributed by atoms with Crippen LogP contribution in [0.25, 0.3) is 0 Å². The fourth-order valence-corrected chi connectivity index (χ4v) is 2.86. The van der Waals surface area contributed by atoms with Gasteiger partial charge in [0.25, 0.3) is 0 Å². The van der Waals surface area contributed by atoms with Gasteiger partial charge in [-0.2, -0.15) is 0 Å². The summed E-state index contributed by atoms with van der Waals surface area (Å²) in [5.74, 6) is 0.587. The molecular weight excluding hydrogens is 218 g/mol. The Morgan fingerprint density at radius 3 is 3.06 bits per heavy atom. The molecule has 1 aliphatic carbocycles. The highest BCUT2D eigenvalue weighted by Gasteiger charge is 2.18. The van der Waals surface area contributed by atoms with Crippen LogP contribution in [-0.2, 0) is 0 Å². The number of nitrogens with one attached hydrogen (secondary N) is 1. The fraction of sp³-hybridized carbons (Fsp3) is 0.583. The van der Waals surface area contributed by atoms with E-state index in [1.165, 1.54) is 5.01 Å². The molecule has 1 aromatic heterocycles. The predicted molar refractivity (Wildman–Crippen MR) is 68.4 cm³/mol. The van der Waals surface area contributed by atoms with Crippen LogP contribution in [0.2, 0.25) is 0 Å². The molecule has 0 spiro atoms. The van der Waals surface area contributed by atoms with Crippen molar-refractivity contribution in [1.82, 2.24) is 10.3 Å². The number of nitrogens with two attached hydrogens (primary N) is 1. The van der Waals surface area contributed by atoms with Crippen LogP contribution in [0.3, 0.4) is 0 Å². The predicted octanol–water partition coefficient (Wildman–Crippen LogP) is 2.09. The molecule has 4 heteroatoms. The van der Waals surface area contributed by atoms with Gasteiger partial charge in [0.2, 0.25) is 0 Å². The van der Waals surface area contributed by atoms with E-state index in [0.29, 0.717) is 12.0 Å². The summed E-state index contributed by atoms with van der Waals surface area (Å²) in [6.07, 6.45) is 8.36. The highest BCUT2D eigenvalue weighted by molar-refractivity contribution is 7.09. The van der Waals surface area contributed by atoms with Crippen LogP contribution in [0, 0.1) is 5.92 Å². The van der Waals surface area contributed by atoms with E-state index in [1.807, 2.05) is 11.6 Å². The van der Waals surface area contributed by atoms with Gasteiger partial charge in [0.1, 0.15) is 5.01 Å². The van der Waals surface area contributed by atoms with Gasteiger partial charge in [-0.3, -0.25) is 0 Å². The molecule has 0 saturated carbocycles. The van der Waals surface area contributed by atoms with Gasteiger partial charge in [0.15, 0.2) is 0 Å². The lowest BCUT2D eigenvalue weighted by Gasteiger charge is -2.17. The molecule has 0 aliphatic heterocycles. The van der Waals surface area contributed by atoms with E-state index in [-0.39, 0.29) is 6.04 Å². The second kappa shape index (κ2) is 5.57. The molecule has 3 unspecified atom stereocenters. The first-order chi connectivity index (χ1) is 7.79. The van der Waals surface area contributed by atoms with Crippen molar-refractivity contribution >= 4 is 11.3 Å². The van der Waals surface area contributed by atoms with Crippen LogP contribution < -0.4 is 11.1 Å². The van der Waals surface area contributed by atoms with E-state index in [1.54, 1.807) is 11.3 Å². The molecule has 88 valence electrons. The minimum absolute atomic E-state index is 0.256. The topological polar surface area (TPSA) is 50.9 Å². The normalized spacial score (nSPS) is 26.1. The van der Waals surface area contributed by atoms with Gasteiger partial charge in [0.05, 0.1) is 6.04 Å². The van der Waals surface area contributed by atoms with Crippen molar-refractivity contribution in [3.05, 3.63) is 28.7 Å². The first-order valence-electron chi connectivity index (χ1n) is 5.86. The summed E-state index contributed by atoms with van der Waals surface area (Å²) < 4.78 is 0. The van der Waals surface area contributed by atoms with E-state index >= 15 is 0 Å². The van der Waals surface area contributed by atoms with Crippen LogP contribution in [0.15, 0.2) is 23.7 Å². The SMILES string of the molecule is CCC(NCC1C=CC(N)C1)c1nccs1. The summed E-state index contributed by atoms with van der Waals surface area (Å²) in [7, 11) is 0. The third-order valence-electron chi connectivity index (χ3n) is 2.99. The number of rotatable bonds is 5. The van der Waals surface area contributed by atoms with Crippen LogP contribution in [0.4, 0.5) is 0 Å². The minimum Gasteiger partial charge on any atom is -0.324 e. The Balaban J connectivity index is 1.82. The fourth-order valence-electron chi connectivity index (χ4n) is 2.06. The van der Waals surface area contributed by atoms with E-state index in [0.717, 1.165) is 19.4 Å². The highest BCUT2D eigenvalue weighted by Crippen LogP contribution is 2.21. The van der Waals surface area contributed by atoms with Crippen molar-refractivity contribution in [2.24, 2.45) is 11.7 Å². The van der Waals surface area contributed by atoms with Crippen molar-refractivity contribution < 1.29 is 0 Å². The molecular formula is C12H19N3S. The molecule has 1 aliphatic rings. The lowest BCUT2D eigenvalue weighted by Crippen LogP contribution is -2.27. The molecule has 0 amide bonds. The van der Waals surface area contributed by atoms with Crippen LogP contribution in [0.5, 0.6) is 0 Å². The first kappa shape index (κ1) is 11.8. The van der Waals surface area contributed by atoms with Crippen LogP contribution >= 0.6 is 11.3 Å². The minimum atomic E-state index is 0.256. The number of hydrogen-bond donors (Lipinski definition) is 2. The van der Waals surface area contributed by atoms with Gasteiger partial charge < -0.3 is 11.1 Å². The largest absolute Gasteiger partial charge is 0.324 e. The third kappa shape index (κ3) is 2.90. The monoisotopic (exact) mass is 237 g/mol. The van der Waals surface area contributed by atoms with Crippen molar-refractivity contribution in [2.45, 2.75) is 31.8 Å². The van der Waals surface area contributed by atoms with E-state index in [2.05, 4.69) is 29.4 Å². The molecule has 0 fully saturated rings. The molecule has 2 rings (SSSR count). The standard InChI is InChI=1S/C12H19N3S/c1-2-11(12-14-5-6-16-12)15-8-9-3-4-10(13)7-9/h3-6,9-11,15H,2,7-8,13H2,1H3. The van der Waals surface area contributed by atoms with Gasteiger partial charge in [-0.05, 0) is 18.8 Å². The number of nitrogens with zero attached hydrogens (tertiary/aromatic N) is 1. The summed E-state index contributed by atoms with van der Waals surface area (Å²) in [6.45, 7) is 3.19. The van der Waals surface area contributed by atoms with Crippen LogP contribution in [-0.4, -0.2) is 17.6 Å². The Morgan fingerprint density at radius 1 is 1.62 bits per heavy atom. The number of hydrogen-bond acceptors (Lipinski definition) is 4. The maximum absolute atomic E-state index is 5.83. The van der Waals surface area contributed by atoms with Gasteiger partial charge in [-0.1, -0.05) is 19.1 Å². The lowest BCUT2D eigenvalue weighted by molar-refractivity contribution is 0.456. The Kier molecular flexibility index (Phi) is 4.09. The average Bonchev–Trinajstić information content (AvgIpc) is 2.91. The smallest absolute Gasteiger partial charge is 0.109 e. The highest BCUT2D eigenvalue weighted by atomic mass is 32.1. The van der Waals surface area contributed by atoms with E-state index in [9.17, 15) is 0 Å². The molecule has 3 nitrogen and oxygen atoms in total. The van der Waals surface area contributed by atoms with Crippen molar-refractivity contribution in [1.29, 1.82) is 0 Å². The molecule has 3 N–H and O–H groups in total. The molecule has 0 radical (unpaired) electrons. The molecule has 0 saturated heterocycles. The maximum atomic E-state index is 5.83. The van der Waals surface area contributed by atoms with Gasteiger partial charge in [0, 0.05) is 24.2 Å². The zero-order valence-electron chi connectivity index (χ0n) is 9.60. The summed E-state index contributed by atoms with van der Waals surface area (Å²) in [4.78, 5) is 4.36. The van der Waals surface area contributed by atoms with E-state index in [4.69, 9.17) is 5.73 Å².